The van der Waals surface area contributed by atoms with Gasteiger partial charge in [0.2, 0.25) is 0 Å². The van der Waals surface area contributed by atoms with Gasteiger partial charge in [-0.3, -0.25) is 4.90 Å². The number of hydrogen-bond acceptors (Lipinski definition) is 3. The third-order valence-corrected chi connectivity index (χ3v) is 4.95. The number of nitrogens with zero attached hydrogens (tertiary/aromatic N) is 2. The van der Waals surface area contributed by atoms with E-state index in [4.69, 9.17) is 10.9 Å². The van der Waals surface area contributed by atoms with E-state index in [0.29, 0.717) is 11.6 Å². The van der Waals surface area contributed by atoms with Gasteiger partial charge in [-0.25, -0.2) is 4.39 Å². The van der Waals surface area contributed by atoms with Crippen LogP contribution in [0.5, 0.6) is 0 Å². The molecule has 114 valence electrons. The van der Waals surface area contributed by atoms with E-state index >= 15 is 0 Å². The first-order valence-electron chi connectivity index (χ1n) is 7.69. The first-order valence-corrected chi connectivity index (χ1v) is 7.69. The molecule has 0 aromatic heterocycles. The van der Waals surface area contributed by atoms with Gasteiger partial charge in [0.05, 0.1) is 0 Å². The smallest absolute Gasteiger partial charge is 0.170 e. The first kappa shape index (κ1) is 14.3. The first-order chi connectivity index (χ1) is 10.2. The topological polar surface area (TPSA) is 61.9 Å². The average Bonchev–Trinajstić information content (AvgIpc) is 2.91. The van der Waals surface area contributed by atoms with E-state index < -0.39 is 0 Å². The fourth-order valence-electron chi connectivity index (χ4n) is 3.90. The van der Waals surface area contributed by atoms with E-state index in [-0.39, 0.29) is 11.7 Å². The Morgan fingerprint density at radius 2 is 2.14 bits per heavy atom. The molecule has 1 heterocycles. The summed E-state index contributed by atoms with van der Waals surface area (Å²) in [6, 6.07) is 5.18. The molecule has 3 N–H and O–H groups in total. The highest BCUT2D eigenvalue weighted by Gasteiger charge is 2.35. The maximum Gasteiger partial charge on any atom is 0.170 e. The zero-order chi connectivity index (χ0) is 14.8. The number of amidine groups is 1. The molecular formula is C16H22FN3O. The average molecular weight is 291 g/mol. The summed E-state index contributed by atoms with van der Waals surface area (Å²) in [5, 5.41) is 11.9. The maximum atomic E-state index is 13.4. The summed E-state index contributed by atoms with van der Waals surface area (Å²) in [6.45, 7) is 1.83. The number of halogens is 1. The lowest BCUT2D eigenvalue weighted by molar-refractivity contribution is 0.176. The van der Waals surface area contributed by atoms with Crippen LogP contribution in [-0.4, -0.2) is 28.5 Å². The van der Waals surface area contributed by atoms with Gasteiger partial charge in [0, 0.05) is 18.2 Å². The number of hydrogen-bond donors (Lipinski definition) is 2. The molecule has 0 spiro atoms. The van der Waals surface area contributed by atoms with Crippen LogP contribution in [0.4, 0.5) is 4.39 Å². The largest absolute Gasteiger partial charge is 0.409 e. The summed E-state index contributed by atoms with van der Waals surface area (Å²) in [5.41, 5.74) is 7.11. The van der Waals surface area contributed by atoms with Crippen molar-refractivity contribution in [2.75, 3.05) is 6.54 Å². The molecule has 1 aromatic carbocycles. The van der Waals surface area contributed by atoms with Crippen molar-refractivity contribution < 1.29 is 9.60 Å². The second kappa shape index (κ2) is 6.02. The van der Waals surface area contributed by atoms with Crippen LogP contribution < -0.4 is 5.73 Å². The monoisotopic (exact) mass is 291 g/mol. The fourth-order valence-corrected chi connectivity index (χ4v) is 3.90. The van der Waals surface area contributed by atoms with Crippen LogP contribution in [0.15, 0.2) is 23.4 Å². The van der Waals surface area contributed by atoms with Crippen molar-refractivity contribution in [1.82, 2.24) is 4.90 Å². The van der Waals surface area contributed by atoms with Gasteiger partial charge in [-0.15, -0.1) is 0 Å². The molecule has 21 heavy (non-hydrogen) atoms. The lowest BCUT2D eigenvalue weighted by atomic mass is 9.85. The van der Waals surface area contributed by atoms with Crippen molar-refractivity contribution >= 4 is 5.84 Å². The Balaban J connectivity index is 1.81. The van der Waals surface area contributed by atoms with Crippen LogP contribution in [-0.2, 0) is 6.54 Å². The standard InChI is InChI=1S/C16H22FN3O/c17-13-6-5-12(14(9-13)16(18)19-21)10-20-8-7-11-3-1-2-4-15(11)20/h5-6,9,11,15,21H,1-4,7-8,10H2,(H2,18,19). The van der Waals surface area contributed by atoms with Crippen molar-refractivity contribution in [2.45, 2.75) is 44.7 Å². The van der Waals surface area contributed by atoms with Crippen molar-refractivity contribution in [2.24, 2.45) is 16.8 Å². The molecule has 1 saturated heterocycles. The lowest BCUT2D eigenvalue weighted by Crippen LogP contribution is -2.34. The molecule has 2 fully saturated rings. The van der Waals surface area contributed by atoms with Crippen molar-refractivity contribution in [1.29, 1.82) is 0 Å². The SMILES string of the molecule is N/C(=N/O)c1cc(F)ccc1CN1CCC2CCCCC21. The van der Waals surface area contributed by atoms with Crippen molar-refractivity contribution in [3.8, 4) is 0 Å². The zero-order valence-corrected chi connectivity index (χ0v) is 12.1. The quantitative estimate of drug-likeness (QED) is 0.389. The molecule has 1 aliphatic heterocycles. The highest BCUT2D eigenvalue weighted by atomic mass is 19.1. The summed E-state index contributed by atoms with van der Waals surface area (Å²) in [6.07, 6.45) is 6.49. The minimum absolute atomic E-state index is 0.0242. The number of fused-ring (bicyclic) bond motifs is 1. The van der Waals surface area contributed by atoms with E-state index in [2.05, 4.69) is 10.1 Å². The van der Waals surface area contributed by atoms with Gasteiger partial charge in [-0.2, -0.15) is 0 Å². The van der Waals surface area contributed by atoms with Gasteiger partial charge >= 0.3 is 0 Å². The zero-order valence-electron chi connectivity index (χ0n) is 12.1. The highest BCUT2D eigenvalue weighted by Crippen LogP contribution is 2.37. The van der Waals surface area contributed by atoms with Crippen molar-refractivity contribution in [3.63, 3.8) is 0 Å². The number of likely N-dealkylation sites (tertiary alicyclic amines) is 1. The predicted octanol–water partition coefficient (Wildman–Crippen LogP) is 2.68. The Kier molecular flexibility index (Phi) is 4.10. The van der Waals surface area contributed by atoms with Crippen molar-refractivity contribution in [3.05, 3.63) is 35.1 Å². The lowest BCUT2D eigenvalue weighted by Gasteiger charge is -2.32. The Morgan fingerprint density at radius 3 is 2.95 bits per heavy atom. The van der Waals surface area contributed by atoms with Gasteiger partial charge < -0.3 is 10.9 Å². The van der Waals surface area contributed by atoms with Crippen LogP contribution in [0, 0.1) is 11.7 Å². The summed E-state index contributed by atoms with van der Waals surface area (Å²) in [4.78, 5) is 2.48. The molecule has 0 radical (unpaired) electrons. The molecule has 4 nitrogen and oxygen atoms in total. The molecule has 2 atom stereocenters. The molecular weight excluding hydrogens is 269 g/mol. The van der Waals surface area contributed by atoms with Crippen LogP contribution in [0.1, 0.15) is 43.2 Å². The molecule has 2 unspecified atom stereocenters. The summed E-state index contributed by atoms with van der Waals surface area (Å²) >= 11 is 0. The fraction of sp³-hybridized carbons (Fsp3) is 0.562. The Bertz CT molecular complexity index is 546. The van der Waals surface area contributed by atoms with Gasteiger partial charge in [-0.1, -0.05) is 24.1 Å². The Morgan fingerprint density at radius 1 is 1.33 bits per heavy atom. The molecule has 5 heteroatoms. The highest BCUT2D eigenvalue weighted by molar-refractivity contribution is 5.98. The third-order valence-electron chi connectivity index (χ3n) is 4.95. The van der Waals surface area contributed by atoms with Crippen LogP contribution in [0.2, 0.25) is 0 Å². The molecule has 1 aliphatic carbocycles. The normalized spacial score (nSPS) is 26.8. The molecule has 0 bridgehead atoms. The number of nitrogens with two attached hydrogens (primary N) is 1. The van der Waals surface area contributed by atoms with E-state index in [9.17, 15) is 4.39 Å². The van der Waals surface area contributed by atoms with Gasteiger partial charge in [0.25, 0.3) is 0 Å². The maximum absolute atomic E-state index is 13.4. The molecule has 0 amide bonds. The molecule has 1 aromatic rings. The van der Waals surface area contributed by atoms with Crippen LogP contribution >= 0.6 is 0 Å². The number of rotatable bonds is 3. The van der Waals surface area contributed by atoms with E-state index in [1.807, 2.05) is 0 Å². The van der Waals surface area contributed by atoms with E-state index in [0.717, 1.165) is 24.6 Å². The number of benzene rings is 1. The minimum Gasteiger partial charge on any atom is -0.409 e. The van der Waals surface area contributed by atoms with Gasteiger partial charge in [-0.05, 0) is 49.4 Å². The second-order valence-electron chi connectivity index (χ2n) is 6.16. The predicted molar refractivity (Wildman–Crippen MR) is 79.7 cm³/mol. The molecule has 3 rings (SSSR count). The summed E-state index contributed by atoms with van der Waals surface area (Å²) in [5.74, 6) is 0.424. The molecule has 1 saturated carbocycles. The Hall–Kier alpha value is -1.62. The van der Waals surface area contributed by atoms with E-state index in [1.165, 1.54) is 44.2 Å². The van der Waals surface area contributed by atoms with Crippen LogP contribution in [0.3, 0.4) is 0 Å². The summed E-state index contributed by atoms with van der Waals surface area (Å²) in [7, 11) is 0. The third kappa shape index (κ3) is 2.88. The number of oxime groups is 1. The van der Waals surface area contributed by atoms with Gasteiger partial charge in [0.1, 0.15) is 5.82 Å². The van der Waals surface area contributed by atoms with Gasteiger partial charge in [0.15, 0.2) is 5.84 Å². The van der Waals surface area contributed by atoms with Crippen LogP contribution in [0.25, 0.3) is 0 Å². The second-order valence-corrected chi connectivity index (χ2v) is 6.16. The van der Waals surface area contributed by atoms with E-state index in [1.54, 1.807) is 6.07 Å². The minimum atomic E-state index is -0.364. The summed E-state index contributed by atoms with van der Waals surface area (Å²) < 4.78 is 13.4. The molecule has 2 aliphatic rings. The Labute approximate surface area is 124 Å².